The Kier molecular flexibility index (Phi) is 4.60. The van der Waals surface area contributed by atoms with Gasteiger partial charge in [0.05, 0.1) is 0 Å². The van der Waals surface area contributed by atoms with Crippen LogP contribution in [-0.2, 0) is 6.54 Å². The molecule has 0 spiro atoms. The molecule has 0 bridgehead atoms. The standard InChI is InChI=1S/C14H21BrN2/c1-11(2)17-8-7-14(10-17)16-9-12-3-5-13(15)6-4-12/h3-6,11,14,16H,7-10H2,1-2H3. The predicted molar refractivity (Wildman–Crippen MR) is 76.1 cm³/mol. The highest BCUT2D eigenvalue weighted by Crippen LogP contribution is 2.14. The van der Waals surface area contributed by atoms with Crippen LogP contribution in [0, 0.1) is 0 Å². The van der Waals surface area contributed by atoms with E-state index in [4.69, 9.17) is 0 Å². The molecule has 17 heavy (non-hydrogen) atoms. The molecule has 3 heteroatoms. The number of nitrogens with zero attached hydrogens (tertiary/aromatic N) is 1. The monoisotopic (exact) mass is 296 g/mol. The van der Waals surface area contributed by atoms with E-state index in [9.17, 15) is 0 Å². The first-order valence-electron chi connectivity index (χ1n) is 6.37. The molecule has 0 amide bonds. The smallest absolute Gasteiger partial charge is 0.0210 e. The molecule has 0 aromatic heterocycles. The summed E-state index contributed by atoms with van der Waals surface area (Å²) >= 11 is 3.46. The lowest BCUT2D eigenvalue weighted by molar-refractivity contribution is 0.268. The Morgan fingerprint density at radius 1 is 1.35 bits per heavy atom. The molecular formula is C14H21BrN2. The van der Waals surface area contributed by atoms with Crippen molar-refractivity contribution in [1.29, 1.82) is 0 Å². The Labute approximate surface area is 113 Å². The second-order valence-corrected chi connectivity index (χ2v) is 6.00. The molecule has 0 radical (unpaired) electrons. The van der Waals surface area contributed by atoms with Crippen LogP contribution in [0.5, 0.6) is 0 Å². The van der Waals surface area contributed by atoms with Crippen LogP contribution < -0.4 is 5.32 Å². The van der Waals surface area contributed by atoms with Crippen LogP contribution in [0.3, 0.4) is 0 Å². The third-order valence-corrected chi connectivity index (χ3v) is 3.99. The summed E-state index contributed by atoms with van der Waals surface area (Å²) in [6.07, 6.45) is 1.27. The molecule has 1 aromatic rings. The van der Waals surface area contributed by atoms with E-state index in [1.54, 1.807) is 0 Å². The van der Waals surface area contributed by atoms with Crippen LogP contribution in [-0.4, -0.2) is 30.1 Å². The van der Waals surface area contributed by atoms with Crippen LogP contribution in [0.1, 0.15) is 25.8 Å². The molecule has 1 saturated heterocycles. The van der Waals surface area contributed by atoms with Crippen molar-refractivity contribution in [3.05, 3.63) is 34.3 Å². The molecule has 2 rings (SSSR count). The Balaban J connectivity index is 1.78. The van der Waals surface area contributed by atoms with Gasteiger partial charge in [-0.05, 0) is 44.5 Å². The van der Waals surface area contributed by atoms with Crippen molar-refractivity contribution in [1.82, 2.24) is 10.2 Å². The lowest BCUT2D eigenvalue weighted by Crippen LogP contribution is -2.34. The van der Waals surface area contributed by atoms with E-state index in [1.165, 1.54) is 25.1 Å². The molecule has 1 atom stereocenters. The highest BCUT2D eigenvalue weighted by Gasteiger charge is 2.23. The highest BCUT2D eigenvalue weighted by molar-refractivity contribution is 9.10. The number of likely N-dealkylation sites (tertiary alicyclic amines) is 1. The number of hydrogen-bond donors (Lipinski definition) is 1. The topological polar surface area (TPSA) is 15.3 Å². The van der Waals surface area contributed by atoms with Crippen molar-refractivity contribution in [2.45, 2.75) is 38.9 Å². The number of benzene rings is 1. The minimum atomic E-state index is 0.654. The summed E-state index contributed by atoms with van der Waals surface area (Å²) in [5.74, 6) is 0. The molecular weight excluding hydrogens is 276 g/mol. The summed E-state index contributed by atoms with van der Waals surface area (Å²) in [5, 5.41) is 3.65. The zero-order valence-corrected chi connectivity index (χ0v) is 12.2. The number of halogens is 1. The third-order valence-electron chi connectivity index (χ3n) is 3.46. The van der Waals surface area contributed by atoms with Crippen LogP contribution >= 0.6 is 15.9 Å². The molecule has 1 aliphatic heterocycles. The zero-order valence-electron chi connectivity index (χ0n) is 10.6. The average Bonchev–Trinajstić information content (AvgIpc) is 2.77. The van der Waals surface area contributed by atoms with Crippen molar-refractivity contribution < 1.29 is 0 Å². The van der Waals surface area contributed by atoms with Crippen molar-refractivity contribution in [2.24, 2.45) is 0 Å². The Hall–Kier alpha value is -0.380. The van der Waals surface area contributed by atoms with Crippen molar-refractivity contribution in [2.75, 3.05) is 13.1 Å². The van der Waals surface area contributed by atoms with Gasteiger partial charge in [0.2, 0.25) is 0 Å². The van der Waals surface area contributed by atoms with Crippen LogP contribution in [0.15, 0.2) is 28.7 Å². The van der Waals surface area contributed by atoms with Crippen molar-refractivity contribution in [3.8, 4) is 0 Å². The SMILES string of the molecule is CC(C)N1CCC(NCc2ccc(Br)cc2)C1. The second kappa shape index (κ2) is 5.98. The van der Waals surface area contributed by atoms with Gasteiger partial charge in [0.15, 0.2) is 0 Å². The van der Waals surface area contributed by atoms with E-state index in [0.717, 1.165) is 11.0 Å². The van der Waals surface area contributed by atoms with E-state index >= 15 is 0 Å². The maximum absolute atomic E-state index is 3.65. The van der Waals surface area contributed by atoms with E-state index in [0.29, 0.717) is 12.1 Å². The number of nitrogens with one attached hydrogen (secondary N) is 1. The molecule has 2 nitrogen and oxygen atoms in total. The van der Waals surface area contributed by atoms with Gasteiger partial charge in [-0.25, -0.2) is 0 Å². The van der Waals surface area contributed by atoms with Gasteiger partial charge in [-0.15, -0.1) is 0 Å². The average molecular weight is 297 g/mol. The first kappa shape index (κ1) is 13.1. The third kappa shape index (κ3) is 3.80. The van der Waals surface area contributed by atoms with Crippen LogP contribution in [0.25, 0.3) is 0 Å². The first-order valence-corrected chi connectivity index (χ1v) is 7.16. The summed E-state index contributed by atoms with van der Waals surface area (Å²) in [4.78, 5) is 2.54. The molecule has 1 heterocycles. The maximum Gasteiger partial charge on any atom is 0.0210 e. The molecule has 1 aliphatic rings. The summed E-state index contributed by atoms with van der Waals surface area (Å²) in [6, 6.07) is 9.88. The van der Waals surface area contributed by atoms with Gasteiger partial charge in [0.1, 0.15) is 0 Å². The molecule has 94 valence electrons. The Morgan fingerprint density at radius 2 is 2.06 bits per heavy atom. The second-order valence-electron chi connectivity index (χ2n) is 5.08. The fourth-order valence-corrected chi connectivity index (χ4v) is 2.55. The molecule has 1 aromatic carbocycles. The lowest BCUT2D eigenvalue weighted by Gasteiger charge is -2.20. The lowest BCUT2D eigenvalue weighted by atomic mass is 10.2. The van der Waals surface area contributed by atoms with Crippen LogP contribution in [0.2, 0.25) is 0 Å². The fraction of sp³-hybridized carbons (Fsp3) is 0.571. The maximum atomic E-state index is 3.65. The van der Waals surface area contributed by atoms with E-state index < -0.39 is 0 Å². The first-order chi connectivity index (χ1) is 8.15. The van der Waals surface area contributed by atoms with Gasteiger partial charge in [-0.3, -0.25) is 4.90 Å². The normalized spacial score (nSPS) is 21.3. The number of hydrogen-bond acceptors (Lipinski definition) is 2. The molecule has 1 fully saturated rings. The van der Waals surface area contributed by atoms with E-state index in [1.807, 2.05) is 0 Å². The zero-order chi connectivity index (χ0) is 12.3. The molecule has 1 unspecified atom stereocenters. The molecule has 1 N–H and O–H groups in total. The molecule has 0 aliphatic carbocycles. The predicted octanol–water partition coefficient (Wildman–Crippen LogP) is 3.02. The van der Waals surface area contributed by atoms with Gasteiger partial charge in [0, 0.05) is 29.6 Å². The van der Waals surface area contributed by atoms with Gasteiger partial charge >= 0.3 is 0 Å². The summed E-state index contributed by atoms with van der Waals surface area (Å²) in [7, 11) is 0. The highest BCUT2D eigenvalue weighted by atomic mass is 79.9. The van der Waals surface area contributed by atoms with E-state index in [2.05, 4.69) is 64.3 Å². The van der Waals surface area contributed by atoms with Gasteiger partial charge in [-0.2, -0.15) is 0 Å². The molecule has 0 saturated carbocycles. The van der Waals surface area contributed by atoms with Crippen molar-refractivity contribution >= 4 is 15.9 Å². The minimum Gasteiger partial charge on any atom is -0.309 e. The summed E-state index contributed by atoms with van der Waals surface area (Å²) < 4.78 is 1.15. The Bertz CT molecular complexity index is 348. The summed E-state index contributed by atoms with van der Waals surface area (Å²) in [6.45, 7) is 7.95. The van der Waals surface area contributed by atoms with Gasteiger partial charge in [-0.1, -0.05) is 28.1 Å². The summed E-state index contributed by atoms with van der Waals surface area (Å²) in [5.41, 5.74) is 1.36. The minimum absolute atomic E-state index is 0.654. The fourth-order valence-electron chi connectivity index (χ4n) is 2.29. The van der Waals surface area contributed by atoms with Crippen molar-refractivity contribution in [3.63, 3.8) is 0 Å². The Morgan fingerprint density at radius 3 is 2.65 bits per heavy atom. The largest absolute Gasteiger partial charge is 0.309 e. The van der Waals surface area contributed by atoms with E-state index in [-0.39, 0.29) is 0 Å². The van der Waals surface area contributed by atoms with Gasteiger partial charge in [0.25, 0.3) is 0 Å². The van der Waals surface area contributed by atoms with Crippen LogP contribution in [0.4, 0.5) is 0 Å². The quantitative estimate of drug-likeness (QED) is 0.919. The van der Waals surface area contributed by atoms with Gasteiger partial charge < -0.3 is 5.32 Å². The number of rotatable bonds is 4.